The van der Waals surface area contributed by atoms with E-state index in [2.05, 4.69) is 5.32 Å². The zero-order chi connectivity index (χ0) is 14.8. The molecule has 0 fully saturated rings. The summed E-state index contributed by atoms with van der Waals surface area (Å²) in [5.41, 5.74) is 1.53. The number of carboxylic acids is 1. The lowest BCUT2D eigenvalue weighted by molar-refractivity contribution is -0.145. The van der Waals surface area contributed by atoms with E-state index >= 15 is 0 Å². The molecule has 1 atom stereocenters. The predicted octanol–water partition coefficient (Wildman–Crippen LogP) is 1.39. The molecule has 2 N–H and O–H groups in total. The van der Waals surface area contributed by atoms with Crippen LogP contribution in [0.25, 0.3) is 0 Å². The van der Waals surface area contributed by atoms with Crippen LogP contribution in [0.5, 0.6) is 0 Å². The molecule has 1 aliphatic rings. The van der Waals surface area contributed by atoms with Gasteiger partial charge in [-0.1, -0.05) is 6.07 Å². The first-order valence-electron chi connectivity index (χ1n) is 6.63. The largest absolute Gasteiger partial charge is 0.479 e. The van der Waals surface area contributed by atoms with Gasteiger partial charge < -0.3 is 15.2 Å². The Hall–Kier alpha value is -1.88. The molecule has 0 aliphatic heterocycles. The van der Waals surface area contributed by atoms with Crippen LogP contribution in [-0.2, 0) is 22.4 Å². The van der Waals surface area contributed by atoms with Gasteiger partial charge in [0, 0.05) is 12.7 Å². The molecule has 0 bridgehead atoms. The van der Waals surface area contributed by atoms with Crippen LogP contribution >= 0.6 is 0 Å². The van der Waals surface area contributed by atoms with Gasteiger partial charge in [-0.25, -0.2) is 4.79 Å². The number of carbonyl (C=O) groups is 2. The van der Waals surface area contributed by atoms with E-state index < -0.39 is 11.5 Å². The Labute approximate surface area is 117 Å². The van der Waals surface area contributed by atoms with Crippen LogP contribution in [0.15, 0.2) is 18.2 Å². The highest BCUT2D eigenvalue weighted by molar-refractivity contribution is 5.98. The fourth-order valence-corrected chi connectivity index (χ4v) is 2.48. The molecule has 5 nitrogen and oxygen atoms in total. The second-order valence-electron chi connectivity index (χ2n) is 5.36. The number of benzene rings is 1. The Morgan fingerprint density at radius 3 is 2.70 bits per heavy atom. The average molecular weight is 277 g/mol. The molecule has 0 saturated carbocycles. The minimum absolute atomic E-state index is 0.0843. The van der Waals surface area contributed by atoms with Gasteiger partial charge in [0.15, 0.2) is 5.54 Å². The van der Waals surface area contributed by atoms with Crippen molar-refractivity contribution in [1.29, 1.82) is 0 Å². The number of aryl methyl sites for hydroxylation is 2. The fraction of sp³-hybridized carbons (Fsp3) is 0.467. The maximum atomic E-state index is 12.2. The molecule has 5 heteroatoms. The van der Waals surface area contributed by atoms with Gasteiger partial charge >= 0.3 is 5.97 Å². The van der Waals surface area contributed by atoms with E-state index in [9.17, 15) is 14.7 Å². The molecule has 0 heterocycles. The smallest absolute Gasteiger partial charge is 0.331 e. The lowest BCUT2D eigenvalue weighted by Crippen LogP contribution is -2.55. The summed E-state index contributed by atoms with van der Waals surface area (Å²) in [5, 5.41) is 11.8. The fourth-order valence-electron chi connectivity index (χ4n) is 2.48. The van der Waals surface area contributed by atoms with Gasteiger partial charge in [0.1, 0.15) is 0 Å². The standard InChI is InChI=1S/C15H19NO4/c1-15(9-20-2,14(18)19)16-13(17)12-7-6-10-4-3-5-11(10)8-12/h6-8H,3-5,9H2,1-2H3,(H,16,17)(H,18,19). The lowest BCUT2D eigenvalue weighted by atomic mass is 10.0. The van der Waals surface area contributed by atoms with Crippen molar-refractivity contribution in [3.05, 3.63) is 34.9 Å². The lowest BCUT2D eigenvalue weighted by Gasteiger charge is -2.25. The highest BCUT2D eigenvalue weighted by Gasteiger charge is 2.35. The molecule has 20 heavy (non-hydrogen) atoms. The molecule has 0 radical (unpaired) electrons. The van der Waals surface area contributed by atoms with E-state index in [0.29, 0.717) is 5.56 Å². The molecule has 1 unspecified atom stereocenters. The maximum absolute atomic E-state index is 12.2. The summed E-state index contributed by atoms with van der Waals surface area (Å²) in [6, 6.07) is 5.55. The summed E-state index contributed by atoms with van der Waals surface area (Å²) in [6.07, 6.45) is 3.13. The van der Waals surface area contributed by atoms with Gasteiger partial charge in [-0.3, -0.25) is 4.79 Å². The SMILES string of the molecule is COCC(C)(NC(=O)c1ccc2c(c1)CCC2)C(=O)O. The number of hydrogen-bond acceptors (Lipinski definition) is 3. The molecule has 0 aromatic heterocycles. The van der Waals surface area contributed by atoms with Gasteiger partial charge in [0.2, 0.25) is 0 Å². The number of aliphatic carboxylic acids is 1. The third-order valence-corrected chi connectivity index (χ3v) is 3.66. The summed E-state index contributed by atoms with van der Waals surface area (Å²) in [4.78, 5) is 23.5. The zero-order valence-corrected chi connectivity index (χ0v) is 11.7. The summed E-state index contributed by atoms with van der Waals surface area (Å²) < 4.78 is 4.88. The Kier molecular flexibility index (Phi) is 4.09. The summed E-state index contributed by atoms with van der Waals surface area (Å²) in [5.74, 6) is -1.50. The summed E-state index contributed by atoms with van der Waals surface area (Å²) in [7, 11) is 1.41. The average Bonchev–Trinajstić information content (AvgIpc) is 2.85. The van der Waals surface area contributed by atoms with Crippen LogP contribution < -0.4 is 5.32 Å². The second-order valence-corrected chi connectivity index (χ2v) is 5.36. The van der Waals surface area contributed by atoms with Crippen LogP contribution in [-0.4, -0.2) is 36.2 Å². The third-order valence-electron chi connectivity index (χ3n) is 3.66. The quantitative estimate of drug-likeness (QED) is 0.853. The van der Waals surface area contributed by atoms with E-state index in [0.717, 1.165) is 19.3 Å². The molecule has 2 rings (SSSR count). The maximum Gasteiger partial charge on any atom is 0.331 e. The normalized spacial score (nSPS) is 16.3. The number of fused-ring (bicyclic) bond motifs is 1. The van der Waals surface area contributed by atoms with Crippen molar-refractivity contribution >= 4 is 11.9 Å². The topological polar surface area (TPSA) is 75.6 Å². The van der Waals surface area contributed by atoms with E-state index in [1.54, 1.807) is 6.07 Å². The third kappa shape index (κ3) is 2.82. The van der Waals surface area contributed by atoms with Crippen molar-refractivity contribution in [2.24, 2.45) is 0 Å². The number of amides is 1. The zero-order valence-electron chi connectivity index (χ0n) is 11.7. The minimum Gasteiger partial charge on any atom is -0.479 e. The van der Waals surface area contributed by atoms with Crippen LogP contribution in [0.2, 0.25) is 0 Å². The number of carbonyl (C=O) groups excluding carboxylic acids is 1. The second kappa shape index (κ2) is 5.63. The van der Waals surface area contributed by atoms with Crippen molar-refractivity contribution in [3.63, 3.8) is 0 Å². The molecule has 0 saturated heterocycles. The Morgan fingerprint density at radius 2 is 2.05 bits per heavy atom. The van der Waals surface area contributed by atoms with E-state index in [1.165, 1.54) is 25.2 Å². The van der Waals surface area contributed by atoms with Crippen LogP contribution in [0, 0.1) is 0 Å². The number of methoxy groups -OCH3 is 1. The highest BCUT2D eigenvalue weighted by atomic mass is 16.5. The first-order valence-corrected chi connectivity index (χ1v) is 6.63. The van der Waals surface area contributed by atoms with Crippen molar-refractivity contribution in [2.75, 3.05) is 13.7 Å². The summed E-state index contributed by atoms with van der Waals surface area (Å²) >= 11 is 0. The Morgan fingerprint density at radius 1 is 1.35 bits per heavy atom. The van der Waals surface area contributed by atoms with Crippen molar-refractivity contribution in [1.82, 2.24) is 5.32 Å². The molecular weight excluding hydrogens is 258 g/mol. The Balaban J connectivity index is 2.17. The molecule has 1 aromatic rings. The predicted molar refractivity (Wildman–Crippen MR) is 73.9 cm³/mol. The first-order chi connectivity index (χ1) is 9.46. The van der Waals surface area contributed by atoms with Crippen LogP contribution in [0.1, 0.15) is 34.8 Å². The molecule has 1 aromatic carbocycles. The van der Waals surface area contributed by atoms with Crippen molar-refractivity contribution < 1.29 is 19.4 Å². The number of ether oxygens (including phenoxy) is 1. The number of carboxylic acid groups (broad SMARTS) is 1. The number of rotatable bonds is 5. The van der Waals surface area contributed by atoms with Gasteiger partial charge in [-0.05, 0) is 49.4 Å². The number of nitrogens with one attached hydrogen (secondary N) is 1. The summed E-state index contributed by atoms with van der Waals surface area (Å²) in [6.45, 7) is 1.35. The van der Waals surface area contributed by atoms with E-state index in [4.69, 9.17) is 4.74 Å². The molecular formula is C15H19NO4. The van der Waals surface area contributed by atoms with E-state index in [-0.39, 0.29) is 12.5 Å². The minimum atomic E-state index is -1.43. The molecule has 0 spiro atoms. The first kappa shape index (κ1) is 14.5. The van der Waals surface area contributed by atoms with Gasteiger partial charge in [0.25, 0.3) is 5.91 Å². The van der Waals surface area contributed by atoms with Crippen LogP contribution in [0.3, 0.4) is 0 Å². The van der Waals surface area contributed by atoms with Gasteiger partial charge in [0.05, 0.1) is 6.61 Å². The van der Waals surface area contributed by atoms with Crippen molar-refractivity contribution in [2.45, 2.75) is 31.7 Å². The highest BCUT2D eigenvalue weighted by Crippen LogP contribution is 2.23. The van der Waals surface area contributed by atoms with Crippen molar-refractivity contribution in [3.8, 4) is 0 Å². The van der Waals surface area contributed by atoms with Crippen LogP contribution in [0.4, 0.5) is 0 Å². The van der Waals surface area contributed by atoms with Gasteiger partial charge in [-0.15, -0.1) is 0 Å². The Bertz CT molecular complexity index is 541. The van der Waals surface area contributed by atoms with E-state index in [1.807, 2.05) is 12.1 Å². The molecule has 108 valence electrons. The molecule has 1 amide bonds. The van der Waals surface area contributed by atoms with Gasteiger partial charge in [-0.2, -0.15) is 0 Å². The number of hydrogen-bond donors (Lipinski definition) is 2. The monoisotopic (exact) mass is 277 g/mol. The molecule has 1 aliphatic carbocycles.